The lowest BCUT2D eigenvalue weighted by Gasteiger charge is -2.28. The molecule has 0 unspecified atom stereocenters. The van der Waals surface area contributed by atoms with Crippen LogP contribution in [0, 0.1) is 0 Å². The van der Waals surface area contributed by atoms with Crippen molar-refractivity contribution in [2.24, 2.45) is 0 Å². The second-order valence-electron chi connectivity index (χ2n) is 6.73. The van der Waals surface area contributed by atoms with E-state index in [0.717, 1.165) is 17.0 Å². The maximum Gasteiger partial charge on any atom is 0.253 e. The molecule has 2 amide bonds. The number of ether oxygens (including phenoxy) is 1. The van der Waals surface area contributed by atoms with Gasteiger partial charge in [0.2, 0.25) is 15.9 Å². The molecule has 2 aromatic rings. The standard InChI is InChI=1S/C21H27N3O5S/c1-5-13-22-21(26)18-11-6-7-12-19(18)23-20(25)15(2)24(30(4,27)28)16-9-8-10-17(14-16)29-3/h6-12,14-15H,5,13H2,1-4H3,(H,22,26)(H,23,25)/t15-/m1/s1. The molecular formula is C21H27N3O5S. The molecule has 0 saturated heterocycles. The van der Waals surface area contributed by atoms with Crippen molar-refractivity contribution in [3.8, 4) is 5.75 Å². The zero-order chi connectivity index (χ0) is 22.3. The summed E-state index contributed by atoms with van der Waals surface area (Å²) in [5.41, 5.74) is 0.911. The number of hydrogen-bond acceptors (Lipinski definition) is 5. The Kier molecular flexibility index (Phi) is 7.82. The molecule has 0 aromatic heterocycles. The first kappa shape index (κ1) is 23.2. The number of methoxy groups -OCH3 is 1. The van der Waals surface area contributed by atoms with Crippen LogP contribution in [0.4, 0.5) is 11.4 Å². The summed E-state index contributed by atoms with van der Waals surface area (Å²) < 4.78 is 31.1. The summed E-state index contributed by atoms with van der Waals surface area (Å²) in [6.07, 6.45) is 1.81. The highest BCUT2D eigenvalue weighted by atomic mass is 32.2. The van der Waals surface area contributed by atoms with Gasteiger partial charge in [-0.15, -0.1) is 0 Å². The number of nitrogens with one attached hydrogen (secondary N) is 2. The number of sulfonamides is 1. The fourth-order valence-corrected chi connectivity index (χ4v) is 4.08. The first-order valence-electron chi connectivity index (χ1n) is 9.50. The zero-order valence-corrected chi connectivity index (χ0v) is 18.3. The minimum absolute atomic E-state index is 0.300. The molecule has 0 heterocycles. The Labute approximate surface area is 177 Å². The molecule has 2 rings (SSSR count). The van der Waals surface area contributed by atoms with Crippen LogP contribution >= 0.6 is 0 Å². The molecule has 0 saturated carbocycles. The molecule has 0 aliphatic rings. The minimum atomic E-state index is -3.78. The van der Waals surface area contributed by atoms with Crippen molar-refractivity contribution in [2.45, 2.75) is 26.3 Å². The smallest absolute Gasteiger partial charge is 0.253 e. The van der Waals surface area contributed by atoms with Crippen molar-refractivity contribution in [3.05, 3.63) is 54.1 Å². The first-order chi connectivity index (χ1) is 14.2. The van der Waals surface area contributed by atoms with E-state index in [2.05, 4.69) is 10.6 Å². The number of para-hydroxylation sites is 1. The second-order valence-corrected chi connectivity index (χ2v) is 8.59. The van der Waals surface area contributed by atoms with Gasteiger partial charge < -0.3 is 15.4 Å². The van der Waals surface area contributed by atoms with Crippen LogP contribution in [0.25, 0.3) is 0 Å². The Bertz CT molecular complexity index is 1010. The van der Waals surface area contributed by atoms with Crippen LogP contribution in [0.1, 0.15) is 30.6 Å². The summed E-state index contributed by atoms with van der Waals surface area (Å²) in [5, 5.41) is 5.45. The number of carbonyl (C=O) groups excluding carboxylic acids is 2. The van der Waals surface area contributed by atoms with Crippen molar-refractivity contribution < 1.29 is 22.7 Å². The quantitative estimate of drug-likeness (QED) is 0.633. The average Bonchev–Trinajstić information content (AvgIpc) is 2.71. The summed E-state index contributed by atoms with van der Waals surface area (Å²) in [6.45, 7) is 3.93. The molecular weight excluding hydrogens is 406 g/mol. The number of rotatable bonds is 9. The van der Waals surface area contributed by atoms with E-state index >= 15 is 0 Å². The highest BCUT2D eigenvalue weighted by molar-refractivity contribution is 7.92. The molecule has 30 heavy (non-hydrogen) atoms. The van der Waals surface area contributed by atoms with Gasteiger partial charge in [-0.1, -0.05) is 25.1 Å². The largest absolute Gasteiger partial charge is 0.497 e. The summed E-state index contributed by atoms with van der Waals surface area (Å²) in [4.78, 5) is 25.3. The lowest BCUT2D eigenvalue weighted by atomic mass is 10.1. The molecule has 2 N–H and O–H groups in total. The van der Waals surface area contributed by atoms with E-state index in [1.807, 2.05) is 6.92 Å². The molecule has 0 fully saturated rings. The topological polar surface area (TPSA) is 105 Å². The van der Waals surface area contributed by atoms with Crippen molar-refractivity contribution in [1.29, 1.82) is 0 Å². The average molecular weight is 434 g/mol. The minimum Gasteiger partial charge on any atom is -0.497 e. The van der Waals surface area contributed by atoms with Gasteiger partial charge in [0.1, 0.15) is 11.8 Å². The second kappa shape index (κ2) is 10.1. The van der Waals surface area contributed by atoms with E-state index in [9.17, 15) is 18.0 Å². The summed E-state index contributed by atoms with van der Waals surface area (Å²) in [5.74, 6) is -0.418. The molecule has 0 radical (unpaired) electrons. The van der Waals surface area contributed by atoms with Crippen LogP contribution in [-0.4, -0.2) is 46.2 Å². The Balaban J connectivity index is 2.32. The highest BCUT2D eigenvalue weighted by Crippen LogP contribution is 2.26. The third-order valence-electron chi connectivity index (χ3n) is 4.36. The molecule has 9 heteroatoms. The fourth-order valence-electron chi connectivity index (χ4n) is 2.92. The molecule has 0 aliphatic heterocycles. The van der Waals surface area contributed by atoms with E-state index in [4.69, 9.17) is 4.74 Å². The fraction of sp³-hybridized carbons (Fsp3) is 0.333. The molecule has 1 atom stereocenters. The first-order valence-corrected chi connectivity index (χ1v) is 11.4. The lowest BCUT2D eigenvalue weighted by Crippen LogP contribution is -2.45. The normalized spacial score (nSPS) is 12.0. The molecule has 0 spiro atoms. The molecule has 0 bridgehead atoms. The number of benzene rings is 2. The van der Waals surface area contributed by atoms with Gasteiger partial charge in [-0.05, 0) is 37.6 Å². The molecule has 8 nitrogen and oxygen atoms in total. The van der Waals surface area contributed by atoms with Gasteiger partial charge in [0, 0.05) is 12.6 Å². The Morgan fingerprint density at radius 1 is 1.13 bits per heavy atom. The van der Waals surface area contributed by atoms with Crippen LogP contribution in [-0.2, 0) is 14.8 Å². The summed E-state index contributed by atoms with van der Waals surface area (Å²) >= 11 is 0. The number of carbonyl (C=O) groups is 2. The van der Waals surface area contributed by atoms with Crippen LogP contribution < -0.4 is 19.7 Å². The van der Waals surface area contributed by atoms with Gasteiger partial charge in [-0.3, -0.25) is 13.9 Å². The van der Waals surface area contributed by atoms with E-state index in [-0.39, 0.29) is 5.91 Å². The van der Waals surface area contributed by atoms with Gasteiger partial charge >= 0.3 is 0 Å². The molecule has 162 valence electrons. The SMILES string of the molecule is CCCNC(=O)c1ccccc1NC(=O)[C@@H](C)N(c1cccc(OC)c1)S(C)(=O)=O. The number of hydrogen-bond donors (Lipinski definition) is 2. The monoisotopic (exact) mass is 433 g/mol. The maximum atomic E-state index is 12.9. The van der Waals surface area contributed by atoms with Crippen LogP contribution in [0.3, 0.4) is 0 Å². The number of amides is 2. The van der Waals surface area contributed by atoms with Crippen LogP contribution in [0.5, 0.6) is 5.75 Å². The van der Waals surface area contributed by atoms with Crippen molar-refractivity contribution >= 4 is 33.2 Å². The van der Waals surface area contributed by atoms with Crippen LogP contribution in [0.2, 0.25) is 0 Å². The van der Waals surface area contributed by atoms with Gasteiger partial charge in [-0.25, -0.2) is 8.42 Å². The van der Waals surface area contributed by atoms with Gasteiger partial charge in [0.15, 0.2) is 0 Å². The molecule has 0 aliphatic carbocycles. The maximum absolute atomic E-state index is 12.9. The van der Waals surface area contributed by atoms with Crippen LogP contribution in [0.15, 0.2) is 48.5 Å². The van der Waals surface area contributed by atoms with Crippen molar-refractivity contribution in [1.82, 2.24) is 5.32 Å². The van der Waals surface area contributed by atoms with E-state index in [1.165, 1.54) is 20.1 Å². The van der Waals surface area contributed by atoms with Gasteiger partial charge in [-0.2, -0.15) is 0 Å². The number of anilines is 2. The Morgan fingerprint density at radius 2 is 1.83 bits per heavy atom. The third kappa shape index (κ3) is 5.73. The Hall–Kier alpha value is -3.07. The van der Waals surface area contributed by atoms with E-state index in [1.54, 1.807) is 42.5 Å². The predicted octanol–water partition coefficient (Wildman–Crippen LogP) is 2.63. The highest BCUT2D eigenvalue weighted by Gasteiger charge is 2.30. The van der Waals surface area contributed by atoms with Gasteiger partial charge in [0.05, 0.1) is 30.3 Å². The predicted molar refractivity (Wildman–Crippen MR) is 117 cm³/mol. The lowest BCUT2D eigenvalue weighted by molar-refractivity contribution is -0.116. The van der Waals surface area contributed by atoms with Gasteiger partial charge in [0.25, 0.3) is 5.91 Å². The Morgan fingerprint density at radius 3 is 2.47 bits per heavy atom. The molecule has 2 aromatic carbocycles. The van der Waals surface area contributed by atoms with E-state index < -0.39 is 22.0 Å². The third-order valence-corrected chi connectivity index (χ3v) is 5.60. The summed E-state index contributed by atoms with van der Waals surface area (Å²) in [7, 11) is -2.31. The summed E-state index contributed by atoms with van der Waals surface area (Å²) in [6, 6.07) is 12.0. The number of nitrogens with zero attached hydrogens (tertiary/aromatic N) is 1. The zero-order valence-electron chi connectivity index (χ0n) is 17.5. The van der Waals surface area contributed by atoms with Crippen molar-refractivity contribution in [2.75, 3.05) is 29.5 Å². The van der Waals surface area contributed by atoms with E-state index in [0.29, 0.717) is 29.2 Å². The van der Waals surface area contributed by atoms with Crippen molar-refractivity contribution in [3.63, 3.8) is 0 Å².